The first-order chi connectivity index (χ1) is 11.5. The van der Waals surface area contributed by atoms with Crippen molar-refractivity contribution in [2.45, 2.75) is 13.0 Å². The third-order valence-electron chi connectivity index (χ3n) is 3.48. The molecule has 0 bridgehead atoms. The van der Waals surface area contributed by atoms with Gasteiger partial charge in [0.05, 0.1) is 26.9 Å². The van der Waals surface area contributed by atoms with E-state index in [1.165, 1.54) is 0 Å². The molecule has 4 N–H and O–H groups in total. The molecule has 0 heterocycles. The molecular formula is C18H24IN3O3. The van der Waals surface area contributed by atoms with E-state index >= 15 is 0 Å². The number of aliphatic imine (C=N–C) groups is 1. The first-order valence-electron chi connectivity index (χ1n) is 7.56. The van der Waals surface area contributed by atoms with E-state index in [0.29, 0.717) is 17.1 Å². The Morgan fingerprint density at radius 1 is 1.16 bits per heavy atom. The van der Waals surface area contributed by atoms with Crippen LogP contribution in [0.2, 0.25) is 0 Å². The van der Waals surface area contributed by atoms with Crippen LogP contribution in [0.25, 0.3) is 0 Å². The van der Waals surface area contributed by atoms with Crippen molar-refractivity contribution in [2.24, 2.45) is 10.7 Å². The first kappa shape index (κ1) is 21.0. The predicted molar refractivity (Wildman–Crippen MR) is 111 cm³/mol. The van der Waals surface area contributed by atoms with Gasteiger partial charge in [-0.25, -0.2) is 0 Å². The van der Waals surface area contributed by atoms with E-state index in [0.717, 1.165) is 11.3 Å². The van der Waals surface area contributed by atoms with Gasteiger partial charge in [0.25, 0.3) is 0 Å². The highest BCUT2D eigenvalue weighted by Gasteiger charge is 2.11. The number of aliphatic hydroxyl groups excluding tert-OH is 1. The number of anilines is 1. The number of nitrogens with zero attached hydrogens (tertiary/aromatic N) is 1. The van der Waals surface area contributed by atoms with Crippen molar-refractivity contribution in [1.82, 2.24) is 0 Å². The third-order valence-corrected chi connectivity index (χ3v) is 3.48. The summed E-state index contributed by atoms with van der Waals surface area (Å²) < 4.78 is 10.4. The van der Waals surface area contributed by atoms with Gasteiger partial charge in [0.2, 0.25) is 0 Å². The number of hydrogen-bond acceptors (Lipinski definition) is 4. The largest absolute Gasteiger partial charge is 0.497 e. The van der Waals surface area contributed by atoms with Crippen LogP contribution in [0.4, 0.5) is 5.69 Å². The average molecular weight is 457 g/mol. The number of rotatable bonds is 6. The standard InChI is InChI=1S/C18H23N3O3.HI/c1-12-5-4-6-14(7-12)21-18(19)20-11-17(22)13-8-15(23-2)10-16(9-13)24-3;/h4-10,17,22H,11H2,1-3H3,(H3,19,20,21);1H. The second-order valence-electron chi connectivity index (χ2n) is 5.38. The van der Waals surface area contributed by atoms with Gasteiger partial charge in [-0.15, -0.1) is 24.0 Å². The van der Waals surface area contributed by atoms with Crippen molar-refractivity contribution >= 4 is 35.6 Å². The Labute approximate surface area is 165 Å². The summed E-state index contributed by atoms with van der Waals surface area (Å²) in [5.41, 5.74) is 8.50. The van der Waals surface area contributed by atoms with Crippen LogP contribution >= 0.6 is 24.0 Å². The number of methoxy groups -OCH3 is 2. The number of hydrogen-bond donors (Lipinski definition) is 3. The van der Waals surface area contributed by atoms with Crippen LogP contribution < -0.4 is 20.5 Å². The Balaban J connectivity index is 0.00000312. The lowest BCUT2D eigenvalue weighted by molar-refractivity contribution is 0.186. The van der Waals surface area contributed by atoms with Crippen LogP contribution in [0.5, 0.6) is 11.5 Å². The molecule has 0 amide bonds. The lowest BCUT2D eigenvalue weighted by Crippen LogP contribution is -2.23. The predicted octanol–water partition coefficient (Wildman–Crippen LogP) is 3.09. The van der Waals surface area contributed by atoms with Crippen molar-refractivity contribution in [2.75, 3.05) is 26.1 Å². The highest BCUT2D eigenvalue weighted by molar-refractivity contribution is 14.0. The van der Waals surface area contributed by atoms with E-state index in [9.17, 15) is 5.11 Å². The fourth-order valence-electron chi connectivity index (χ4n) is 2.22. The van der Waals surface area contributed by atoms with Gasteiger partial charge in [-0.05, 0) is 42.3 Å². The monoisotopic (exact) mass is 457 g/mol. The third kappa shape index (κ3) is 6.43. The maximum absolute atomic E-state index is 10.3. The molecular weight excluding hydrogens is 433 g/mol. The van der Waals surface area contributed by atoms with E-state index in [1.807, 2.05) is 31.2 Å². The number of nitrogens with two attached hydrogens (primary N) is 1. The van der Waals surface area contributed by atoms with E-state index in [2.05, 4.69) is 10.3 Å². The fourth-order valence-corrected chi connectivity index (χ4v) is 2.22. The van der Waals surface area contributed by atoms with E-state index < -0.39 is 6.10 Å². The summed E-state index contributed by atoms with van der Waals surface area (Å²) in [6.45, 7) is 2.12. The quantitative estimate of drug-likeness (QED) is 0.353. The van der Waals surface area contributed by atoms with Gasteiger partial charge >= 0.3 is 0 Å². The average Bonchev–Trinajstić information content (AvgIpc) is 2.59. The van der Waals surface area contributed by atoms with Crippen LogP contribution in [-0.4, -0.2) is 31.8 Å². The zero-order valence-corrected chi connectivity index (χ0v) is 16.9. The number of aryl methyl sites for hydroxylation is 1. The molecule has 0 aliphatic heterocycles. The van der Waals surface area contributed by atoms with Gasteiger partial charge in [0, 0.05) is 11.8 Å². The molecule has 0 radical (unpaired) electrons. The minimum absolute atomic E-state index is 0. The van der Waals surface area contributed by atoms with Crippen LogP contribution in [-0.2, 0) is 0 Å². The van der Waals surface area contributed by atoms with Crippen LogP contribution in [0.3, 0.4) is 0 Å². The highest BCUT2D eigenvalue weighted by atomic mass is 127. The van der Waals surface area contributed by atoms with E-state index in [-0.39, 0.29) is 36.5 Å². The number of ether oxygens (including phenoxy) is 2. The molecule has 2 rings (SSSR count). The Bertz CT molecular complexity index is 700. The Kier molecular flexibility index (Phi) is 8.50. The molecule has 136 valence electrons. The number of benzene rings is 2. The zero-order chi connectivity index (χ0) is 17.5. The van der Waals surface area contributed by atoms with Crippen LogP contribution in [0, 0.1) is 6.92 Å². The second kappa shape index (κ2) is 10.1. The van der Waals surface area contributed by atoms with Gasteiger partial charge < -0.3 is 25.6 Å². The maximum Gasteiger partial charge on any atom is 0.193 e. The summed E-state index contributed by atoms with van der Waals surface area (Å²) in [4.78, 5) is 4.19. The fraction of sp³-hybridized carbons (Fsp3) is 0.278. The van der Waals surface area contributed by atoms with Gasteiger partial charge in [0.1, 0.15) is 11.5 Å². The zero-order valence-electron chi connectivity index (χ0n) is 14.5. The molecule has 0 fully saturated rings. The van der Waals surface area contributed by atoms with Crippen molar-refractivity contribution in [3.8, 4) is 11.5 Å². The van der Waals surface area contributed by atoms with E-state index in [4.69, 9.17) is 15.2 Å². The van der Waals surface area contributed by atoms with Gasteiger partial charge in [-0.2, -0.15) is 0 Å². The van der Waals surface area contributed by atoms with Crippen molar-refractivity contribution in [1.29, 1.82) is 0 Å². The number of aliphatic hydroxyl groups is 1. The minimum atomic E-state index is -0.813. The molecule has 25 heavy (non-hydrogen) atoms. The molecule has 0 spiro atoms. The molecule has 1 unspecified atom stereocenters. The molecule has 1 atom stereocenters. The summed E-state index contributed by atoms with van der Waals surface area (Å²) in [6.07, 6.45) is -0.813. The SMILES string of the molecule is COc1cc(OC)cc(C(O)CN=C(N)Nc2cccc(C)c2)c1.I. The Hall–Kier alpha value is -2.00. The van der Waals surface area contributed by atoms with E-state index in [1.54, 1.807) is 32.4 Å². The smallest absolute Gasteiger partial charge is 0.193 e. The highest BCUT2D eigenvalue weighted by Crippen LogP contribution is 2.26. The van der Waals surface area contributed by atoms with Gasteiger partial charge in [-0.1, -0.05) is 12.1 Å². The molecule has 0 aliphatic rings. The van der Waals surface area contributed by atoms with Crippen LogP contribution in [0.1, 0.15) is 17.2 Å². The lowest BCUT2D eigenvalue weighted by atomic mass is 10.1. The summed E-state index contributed by atoms with van der Waals surface area (Å²) >= 11 is 0. The molecule has 2 aromatic rings. The summed E-state index contributed by atoms with van der Waals surface area (Å²) in [6, 6.07) is 13.0. The minimum Gasteiger partial charge on any atom is -0.497 e. The lowest BCUT2D eigenvalue weighted by Gasteiger charge is -2.13. The molecule has 2 aromatic carbocycles. The van der Waals surface area contributed by atoms with Crippen LogP contribution in [0.15, 0.2) is 47.5 Å². The van der Waals surface area contributed by atoms with Crippen molar-refractivity contribution < 1.29 is 14.6 Å². The molecule has 6 nitrogen and oxygen atoms in total. The molecule has 0 saturated heterocycles. The second-order valence-corrected chi connectivity index (χ2v) is 5.38. The van der Waals surface area contributed by atoms with Gasteiger partial charge in [-0.3, -0.25) is 4.99 Å². The van der Waals surface area contributed by atoms with Gasteiger partial charge in [0.15, 0.2) is 5.96 Å². The first-order valence-corrected chi connectivity index (χ1v) is 7.56. The number of guanidine groups is 1. The Morgan fingerprint density at radius 2 is 1.80 bits per heavy atom. The normalized spacial score (nSPS) is 12.1. The molecule has 0 aliphatic carbocycles. The topological polar surface area (TPSA) is 89.1 Å². The Morgan fingerprint density at radius 3 is 2.36 bits per heavy atom. The molecule has 7 heteroatoms. The number of nitrogens with one attached hydrogen (secondary N) is 1. The maximum atomic E-state index is 10.3. The molecule has 0 saturated carbocycles. The van der Waals surface area contributed by atoms with Crippen molar-refractivity contribution in [3.05, 3.63) is 53.6 Å². The van der Waals surface area contributed by atoms with Crippen molar-refractivity contribution in [3.63, 3.8) is 0 Å². The molecule has 0 aromatic heterocycles. The summed E-state index contributed by atoms with van der Waals surface area (Å²) in [7, 11) is 3.12. The number of halogens is 1. The summed E-state index contributed by atoms with van der Waals surface area (Å²) in [5.74, 6) is 1.46. The summed E-state index contributed by atoms with van der Waals surface area (Å²) in [5, 5.41) is 13.3.